The van der Waals surface area contributed by atoms with Crippen LogP contribution >= 0.6 is 11.8 Å². The molecule has 0 radical (unpaired) electrons. The molecule has 0 bridgehead atoms. The molecule has 2 nitrogen and oxygen atoms in total. The first-order valence-corrected chi connectivity index (χ1v) is 2.12. The topological polar surface area (TPSA) is 15.6 Å². The molecule has 0 rings (SSSR count). The normalized spacial score (nSPS) is 9.43. The van der Waals surface area contributed by atoms with Crippen molar-refractivity contribution in [3.8, 4) is 0 Å². The van der Waals surface area contributed by atoms with Crippen LogP contribution in [0.5, 0.6) is 0 Å². The van der Waals surface area contributed by atoms with Gasteiger partial charge in [0.2, 0.25) is 0 Å². The SMILES string of the molecule is C=N/C=C\N(C)Cl. The molecule has 0 atom stereocenters. The van der Waals surface area contributed by atoms with E-state index in [2.05, 4.69) is 11.7 Å². The predicted octanol–water partition coefficient (Wildman–Crippen LogP) is 1.24. The molecule has 0 unspecified atom stereocenters. The van der Waals surface area contributed by atoms with Crippen LogP contribution in [0.15, 0.2) is 17.4 Å². The maximum Gasteiger partial charge on any atom is 0.0433 e. The van der Waals surface area contributed by atoms with Crippen LogP contribution in [-0.2, 0) is 0 Å². The molecular weight excluding hydrogens is 112 g/mol. The largest absolute Gasteiger partial charge is 0.294 e. The minimum atomic E-state index is 1.37. The lowest BCUT2D eigenvalue weighted by Gasteiger charge is -1.94. The van der Waals surface area contributed by atoms with Gasteiger partial charge in [0.1, 0.15) is 0 Å². The summed E-state index contributed by atoms with van der Waals surface area (Å²) in [6.45, 7) is 3.21. The molecule has 0 aliphatic heterocycles. The lowest BCUT2D eigenvalue weighted by molar-refractivity contribution is 0.749. The Balaban J connectivity index is 3.25. The molecule has 7 heavy (non-hydrogen) atoms. The molecule has 0 N–H and O–H groups in total. The number of hydrogen-bond donors (Lipinski definition) is 0. The van der Waals surface area contributed by atoms with Crippen LogP contribution in [0.3, 0.4) is 0 Å². The minimum Gasteiger partial charge on any atom is -0.294 e. The van der Waals surface area contributed by atoms with E-state index in [4.69, 9.17) is 11.8 Å². The van der Waals surface area contributed by atoms with E-state index in [0.29, 0.717) is 0 Å². The highest BCUT2D eigenvalue weighted by atomic mass is 35.5. The van der Waals surface area contributed by atoms with Gasteiger partial charge in [0.15, 0.2) is 0 Å². The van der Waals surface area contributed by atoms with E-state index in [1.54, 1.807) is 13.2 Å². The maximum atomic E-state index is 5.32. The van der Waals surface area contributed by atoms with Crippen molar-refractivity contribution in [2.75, 3.05) is 7.05 Å². The van der Waals surface area contributed by atoms with Gasteiger partial charge in [0.05, 0.1) is 0 Å². The molecule has 0 aliphatic rings. The monoisotopic (exact) mass is 118 g/mol. The summed E-state index contributed by atoms with van der Waals surface area (Å²) in [6.07, 6.45) is 3.10. The highest BCUT2D eigenvalue weighted by Crippen LogP contribution is 1.86. The third kappa shape index (κ3) is 5.50. The Bertz CT molecular complexity index is 77.8. The average molecular weight is 119 g/mol. The molecular formula is C4H7ClN2. The van der Waals surface area contributed by atoms with E-state index < -0.39 is 0 Å². The molecule has 0 aliphatic carbocycles. The Morgan fingerprint density at radius 1 is 1.86 bits per heavy atom. The third-order valence-corrected chi connectivity index (χ3v) is 0.490. The summed E-state index contributed by atoms with van der Waals surface area (Å²) in [5, 5.41) is 0. The number of halogens is 1. The van der Waals surface area contributed by atoms with Gasteiger partial charge >= 0.3 is 0 Å². The van der Waals surface area contributed by atoms with Crippen molar-refractivity contribution in [2.45, 2.75) is 0 Å². The Labute approximate surface area is 48.2 Å². The second kappa shape index (κ2) is 3.68. The molecule has 0 fully saturated rings. The van der Waals surface area contributed by atoms with Crippen LogP contribution in [0.1, 0.15) is 0 Å². The van der Waals surface area contributed by atoms with E-state index in [-0.39, 0.29) is 0 Å². The van der Waals surface area contributed by atoms with E-state index in [1.807, 2.05) is 0 Å². The van der Waals surface area contributed by atoms with Gasteiger partial charge in [-0.15, -0.1) is 0 Å². The van der Waals surface area contributed by atoms with Crippen molar-refractivity contribution in [3.05, 3.63) is 12.4 Å². The van der Waals surface area contributed by atoms with Gasteiger partial charge in [0.25, 0.3) is 0 Å². The number of nitrogens with zero attached hydrogens (tertiary/aromatic N) is 2. The fourth-order valence-electron chi connectivity index (χ4n) is 0.139. The zero-order valence-electron chi connectivity index (χ0n) is 4.13. The van der Waals surface area contributed by atoms with Crippen molar-refractivity contribution in [1.82, 2.24) is 4.42 Å². The van der Waals surface area contributed by atoms with Gasteiger partial charge in [-0.3, -0.25) is 9.41 Å². The van der Waals surface area contributed by atoms with Crippen molar-refractivity contribution in [1.29, 1.82) is 0 Å². The van der Waals surface area contributed by atoms with E-state index in [0.717, 1.165) is 0 Å². The lowest BCUT2D eigenvalue weighted by atomic mass is 10.9. The zero-order valence-corrected chi connectivity index (χ0v) is 4.89. The summed E-state index contributed by atoms with van der Waals surface area (Å²) in [4.78, 5) is 3.42. The van der Waals surface area contributed by atoms with Crippen LogP contribution < -0.4 is 0 Å². The smallest absolute Gasteiger partial charge is 0.0433 e. The first-order valence-electron chi connectivity index (χ1n) is 1.78. The Morgan fingerprint density at radius 3 is 2.57 bits per heavy atom. The molecule has 0 amide bonds. The molecule has 0 saturated heterocycles. The van der Waals surface area contributed by atoms with Crippen molar-refractivity contribution in [2.24, 2.45) is 4.99 Å². The van der Waals surface area contributed by atoms with Gasteiger partial charge in [-0.05, 0) is 6.72 Å². The van der Waals surface area contributed by atoms with E-state index >= 15 is 0 Å². The van der Waals surface area contributed by atoms with E-state index in [9.17, 15) is 0 Å². The summed E-state index contributed by atoms with van der Waals surface area (Å²) in [5.41, 5.74) is 0. The van der Waals surface area contributed by atoms with Crippen molar-refractivity contribution in [3.63, 3.8) is 0 Å². The van der Waals surface area contributed by atoms with Crippen LogP contribution in [0.2, 0.25) is 0 Å². The van der Waals surface area contributed by atoms with Gasteiger partial charge < -0.3 is 0 Å². The molecule has 0 aromatic rings. The molecule has 0 spiro atoms. The highest BCUT2D eigenvalue weighted by molar-refractivity contribution is 6.13. The average Bonchev–Trinajstić information content (AvgIpc) is 1.61. The highest BCUT2D eigenvalue weighted by Gasteiger charge is 1.71. The standard InChI is InChI=1S/C4H7ClN2/c1-6-3-4-7(2)5/h3-4H,1H2,2H3/b4-3-. The Kier molecular flexibility index (Phi) is 3.42. The Hall–Kier alpha value is -0.500. The summed E-state index contributed by atoms with van der Waals surface area (Å²) in [6, 6.07) is 0. The zero-order chi connectivity index (χ0) is 5.70. The fraction of sp³-hybridized carbons (Fsp3) is 0.250. The summed E-state index contributed by atoms with van der Waals surface area (Å²) in [7, 11) is 1.70. The van der Waals surface area contributed by atoms with Crippen LogP contribution in [0.25, 0.3) is 0 Å². The van der Waals surface area contributed by atoms with Crippen LogP contribution in [0, 0.1) is 0 Å². The van der Waals surface area contributed by atoms with Gasteiger partial charge in [-0.25, -0.2) is 0 Å². The minimum absolute atomic E-state index is 1.37. The summed E-state index contributed by atoms with van der Waals surface area (Å²) < 4.78 is 1.37. The Morgan fingerprint density at radius 2 is 2.43 bits per heavy atom. The molecule has 40 valence electrons. The quantitative estimate of drug-likeness (QED) is 0.394. The number of rotatable bonds is 2. The number of aliphatic imine (C=N–C) groups is 1. The van der Waals surface area contributed by atoms with Crippen molar-refractivity contribution < 1.29 is 0 Å². The van der Waals surface area contributed by atoms with Gasteiger partial charge in [0, 0.05) is 31.2 Å². The summed E-state index contributed by atoms with van der Waals surface area (Å²) in [5.74, 6) is 0. The van der Waals surface area contributed by atoms with Crippen LogP contribution in [0.4, 0.5) is 0 Å². The maximum absolute atomic E-state index is 5.32. The van der Waals surface area contributed by atoms with Crippen molar-refractivity contribution >= 4 is 18.5 Å². The second-order valence-corrected chi connectivity index (χ2v) is 1.54. The third-order valence-electron chi connectivity index (χ3n) is 0.377. The molecule has 0 aromatic carbocycles. The lowest BCUT2D eigenvalue weighted by Crippen LogP contribution is -1.89. The number of hydrogen-bond acceptors (Lipinski definition) is 2. The fourth-order valence-corrected chi connectivity index (χ4v) is 0.189. The van der Waals surface area contributed by atoms with Gasteiger partial charge in [-0.2, -0.15) is 0 Å². The van der Waals surface area contributed by atoms with Crippen LogP contribution in [-0.4, -0.2) is 18.2 Å². The molecule has 3 heteroatoms. The van der Waals surface area contributed by atoms with Gasteiger partial charge in [-0.1, -0.05) is 0 Å². The van der Waals surface area contributed by atoms with E-state index in [1.165, 1.54) is 10.6 Å². The first-order chi connectivity index (χ1) is 3.27. The predicted molar refractivity (Wildman–Crippen MR) is 32.3 cm³/mol. The molecule has 0 aromatic heterocycles. The second-order valence-electron chi connectivity index (χ2n) is 1.01. The molecule has 0 saturated carbocycles. The molecule has 0 heterocycles. The first kappa shape index (κ1) is 6.50. The summed E-state index contributed by atoms with van der Waals surface area (Å²) >= 11 is 5.32.